The molecule has 2 aromatic heterocycles. The highest BCUT2D eigenvalue weighted by atomic mass is 35.5. The Morgan fingerprint density at radius 1 is 1.19 bits per heavy atom. The second-order valence-corrected chi connectivity index (χ2v) is 9.12. The van der Waals surface area contributed by atoms with Gasteiger partial charge in [-0.05, 0) is 50.1 Å². The monoisotopic (exact) mass is 467 g/mol. The van der Waals surface area contributed by atoms with Crippen molar-refractivity contribution in [2.24, 2.45) is 0 Å². The molecule has 4 rings (SSSR count). The molecule has 7 heteroatoms. The van der Waals surface area contributed by atoms with E-state index in [4.69, 9.17) is 16.3 Å². The standard InChI is InChI=1S/C25H26ClN3O2S/c1-4-11-28-16-20(15-27-28)29-17(3)25(22-10-9-19(26)14-23(22)29)32-21-8-6-7-18(12-21)13-24(30)31-5-2/h6-10,12,14-16H,4-5,11,13H2,1-3H3. The van der Waals surface area contributed by atoms with Crippen LogP contribution in [0.2, 0.25) is 5.02 Å². The van der Waals surface area contributed by atoms with Gasteiger partial charge in [-0.3, -0.25) is 9.48 Å². The van der Waals surface area contributed by atoms with Gasteiger partial charge in [0.2, 0.25) is 0 Å². The Morgan fingerprint density at radius 3 is 2.81 bits per heavy atom. The summed E-state index contributed by atoms with van der Waals surface area (Å²) in [7, 11) is 0. The summed E-state index contributed by atoms with van der Waals surface area (Å²) >= 11 is 8.06. The van der Waals surface area contributed by atoms with Crippen molar-refractivity contribution in [2.45, 2.75) is 49.9 Å². The molecule has 0 spiro atoms. The average Bonchev–Trinajstić information content (AvgIpc) is 3.31. The van der Waals surface area contributed by atoms with Gasteiger partial charge in [0, 0.05) is 38.6 Å². The average molecular weight is 468 g/mol. The fraction of sp³-hybridized carbons (Fsp3) is 0.280. The molecule has 166 valence electrons. The van der Waals surface area contributed by atoms with Gasteiger partial charge >= 0.3 is 5.97 Å². The van der Waals surface area contributed by atoms with Gasteiger partial charge in [0.25, 0.3) is 0 Å². The largest absolute Gasteiger partial charge is 0.466 e. The Bertz CT molecular complexity index is 1260. The van der Waals surface area contributed by atoms with Crippen LogP contribution in [0.3, 0.4) is 0 Å². The number of hydrogen-bond donors (Lipinski definition) is 0. The van der Waals surface area contributed by atoms with Gasteiger partial charge in [0.1, 0.15) is 0 Å². The Kier molecular flexibility index (Phi) is 6.92. The molecule has 0 amide bonds. The lowest BCUT2D eigenvalue weighted by Gasteiger charge is -2.07. The van der Waals surface area contributed by atoms with E-state index in [9.17, 15) is 4.79 Å². The summed E-state index contributed by atoms with van der Waals surface area (Å²) in [5.41, 5.74) is 4.14. The van der Waals surface area contributed by atoms with Gasteiger partial charge in [-0.2, -0.15) is 5.10 Å². The predicted octanol–water partition coefficient (Wildman–Crippen LogP) is 6.46. The Hall–Kier alpha value is -2.70. The van der Waals surface area contributed by atoms with Crippen molar-refractivity contribution in [3.63, 3.8) is 0 Å². The number of fused-ring (bicyclic) bond motifs is 1. The number of rotatable bonds is 8. The SMILES string of the molecule is CCCn1cc(-n2c(C)c(Sc3cccc(CC(=O)OCC)c3)c3ccc(Cl)cc32)cn1. The molecule has 0 bridgehead atoms. The van der Waals surface area contributed by atoms with Crippen molar-refractivity contribution < 1.29 is 9.53 Å². The molecule has 0 atom stereocenters. The maximum atomic E-state index is 11.9. The lowest BCUT2D eigenvalue weighted by atomic mass is 10.1. The van der Waals surface area contributed by atoms with E-state index in [1.165, 1.54) is 0 Å². The third-order valence-corrected chi connectivity index (χ3v) is 6.66. The van der Waals surface area contributed by atoms with Crippen LogP contribution in [-0.4, -0.2) is 26.9 Å². The third kappa shape index (κ3) is 4.71. The highest BCUT2D eigenvalue weighted by Gasteiger charge is 2.18. The molecular formula is C25H26ClN3O2S. The molecule has 4 aromatic rings. The van der Waals surface area contributed by atoms with Crippen molar-refractivity contribution in [1.29, 1.82) is 0 Å². The van der Waals surface area contributed by atoms with Gasteiger partial charge in [0.15, 0.2) is 0 Å². The first-order valence-electron chi connectivity index (χ1n) is 10.8. The summed E-state index contributed by atoms with van der Waals surface area (Å²) in [6, 6.07) is 14.1. The van der Waals surface area contributed by atoms with Crippen molar-refractivity contribution >= 4 is 40.2 Å². The van der Waals surface area contributed by atoms with Crippen molar-refractivity contribution in [1.82, 2.24) is 14.3 Å². The van der Waals surface area contributed by atoms with Crippen LogP contribution in [0.15, 0.2) is 64.6 Å². The molecule has 0 unspecified atom stereocenters. The minimum absolute atomic E-state index is 0.207. The highest BCUT2D eigenvalue weighted by Crippen LogP contribution is 2.40. The quantitative estimate of drug-likeness (QED) is 0.279. The summed E-state index contributed by atoms with van der Waals surface area (Å²) in [6.07, 6.45) is 5.28. The molecule has 0 aliphatic heterocycles. The van der Waals surface area contributed by atoms with Crippen molar-refractivity contribution in [3.05, 3.63) is 71.1 Å². The molecule has 0 radical (unpaired) electrons. The number of halogens is 1. The summed E-state index contributed by atoms with van der Waals surface area (Å²) in [6.45, 7) is 7.36. The fourth-order valence-electron chi connectivity index (χ4n) is 3.86. The lowest BCUT2D eigenvalue weighted by molar-refractivity contribution is -0.142. The van der Waals surface area contributed by atoms with E-state index in [0.717, 1.165) is 50.6 Å². The molecule has 5 nitrogen and oxygen atoms in total. The predicted molar refractivity (Wildman–Crippen MR) is 130 cm³/mol. The first kappa shape index (κ1) is 22.5. The van der Waals surface area contributed by atoms with Crippen LogP contribution in [0.1, 0.15) is 31.5 Å². The lowest BCUT2D eigenvalue weighted by Crippen LogP contribution is -2.07. The summed E-state index contributed by atoms with van der Waals surface area (Å²) < 4.78 is 9.28. The van der Waals surface area contributed by atoms with Gasteiger partial charge < -0.3 is 9.30 Å². The topological polar surface area (TPSA) is 49.0 Å². The van der Waals surface area contributed by atoms with Gasteiger partial charge in [-0.25, -0.2) is 0 Å². The molecule has 0 aliphatic rings. The number of carbonyl (C=O) groups excluding carboxylic acids is 1. The first-order valence-corrected chi connectivity index (χ1v) is 12.0. The van der Waals surface area contributed by atoms with Crippen molar-refractivity contribution in [2.75, 3.05) is 6.61 Å². The second-order valence-electron chi connectivity index (χ2n) is 7.60. The second kappa shape index (κ2) is 9.84. The van der Waals surface area contributed by atoms with E-state index in [0.29, 0.717) is 11.6 Å². The Balaban J connectivity index is 1.74. The van der Waals surface area contributed by atoms with Crippen LogP contribution in [0.25, 0.3) is 16.6 Å². The number of aromatic nitrogens is 3. The van der Waals surface area contributed by atoms with Crippen molar-refractivity contribution in [3.8, 4) is 5.69 Å². The summed E-state index contributed by atoms with van der Waals surface area (Å²) in [5, 5.41) is 6.35. The molecule has 32 heavy (non-hydrogen) atoms. The van der Waals surface area contributed by atoms with Crippen LogP contribution >= 0.6 is 23.4 Å². The van der Waals surface area contributed by atoms with E-state index >= 15 is 0 Å². The molecule has 0 aliphatic carbocycles. The highest BCUT2D eigenvalue weighted by molar-refractivity contribution is 7.99. The number of aryl methyl sites for hydroxylation is 1. The smallest absolute Gasteiger partial charge is 0.310 e. The summed E-state index contributed by atoms with van der Waals surface area (Å²) in [4.78, 5) is 14.1. The first-order chi connectivity index (χ1) is 15.5. The van der Waals surface area contributed by atoms with E-state index in [2.05, 4.69) is 47.9 Å². The number of benzene rings is 2. The third-order valence-electron chi connectivity index (χ3n) is 5.21. The Labute approximate surface area is 197 Å². The number of carbonyl (C=O) groups is 1. The molecule has 0 fully saturated rings. The van der Waals surface area contributed by atoms with Gasteiger partial charge in [-0.1, -0.05) is 48.5 Å². The molecule has 0 N–H and O–H groups in total. The number of nitrogens with zero attached hydrogens (tertiary/aromatic N) is 3. The van der Waals surface area contributed by atoms with E-state index in [-0.39, 0.29) is 12.4 Å². The van der Waals surface area contributed by atoms with E-state index < -0.39 is 0 Å². The van der Waals surface area contributed by atoms with Gasteiger partial charge in [0.05, 0.1) is 30.4 Å². The van der Waals surface area contributed by atoms with Crippen LogP contribution in [0.4, 0.5) is 0 Å². The van der Waals surface area contributed by atoms with E-state index in [1.807, 2.05) is 42.1 Å². The molecule has 0 saturated heterocycles. The minimum Gasteiger partial charge on any atom is -0.466 e. The number of hydrogen-bond acceptors (Lipinski definition) is 4. The van der Waals surface area contributed by atoms with Crippen LogP contribution in [-0.2, 0) is 22.5 Å². The zero-order valence-electron chi connectivity index (χ0n) is 18.5. The normalized spacial score (nSPS) is 11.2. The number of esters is 1. The molecular weight excluding hydrogens is 442 g/mol. The minimum atomic E-state index is -0.207. The number of ether oxygens (including phenoxy) is 1. The van der Waals surface area contributed by atoms with E-state index in [1.54, 1.807) is 11.8 Å². The maximum absolute atomic E-state index is 11.9. The van der Waals surface area contributed by atoms with Crippen LogP contribution in [0, 0.1) is 6.92 Å². The zero-order valence-corrected chi connectivity index (χ0v) is 20.0. The maximum Gasteiger partial charge on any atom is 0.310 e. The van der Waals surface area contributed by atoms with Crippen LogP contribution in [0.5, 0.6) is 0 Å². The Morgan fingerprint density at radius 2 is 2.03 bits per heavy atom. The molecule has 2 aromatic carbocycles. The molecule has 0 saturated carbocycles. The fourth-order valence-corrected chi connectivity index (χ4v) is 5.14. The molecule has 2 heterocycles. The van der Waals surface area contributed by atoms with Crippen LogP contribution < -0.4 is 0 Å². The summed E-state index contributed by atoms with van der Waals surface area (Å²) in [5.74, 6) is -0.207. The zero-order chi connectivity index (χ0) is 22.7. The van der Waals surface area contributed by atoms with Gasteiger partial charge in [-0.15, -0.1) is 0 Å².